The Morgan fingerprint density at radius 2 is 1.79 bits per heavy atom. The monoisotopic (exact) mass is 207 g/mol. The second-order valence-corrected chi connectivity index (χ2v) is 1.87. The van der Waals surface area contributed by atoms with E-state index < -0.39 is 0 Å². The normalized spacial score (nSPS) is 6.00. The maximum Gasteiger partial charge on any atom is 0.302 e. The third-order valence-corrected chi connectivity index (χ3v) is 0.571. The van der Waals surface area contributed by atoms with Crippen LogP contribution in [-0.2, 0) is 9.53 Å². The van der Waals surface area contributed by atoms with E-state index >= 15 is 0 Å². The van der Waals surface area contributed by atoms with Crippen LogP contribution in [0.2, 0.25) is 0 Å². The summed E-state index contributed by atoms with van der Waals surface area (Å²) in [6, 6.07) is 1.75. The summed E-state index contributed by atoms with van der Waals surface area (Å²) in [4.78, 5) is 9.82. The molecular formula is C9H21NO4. The highest BCUT2D eigenvalue weighted by Gasteiger charge is 1.81. The van der Waals surface area contributed by atoms with Crippen LogP contribution in [0.4, 0.5) is 0 Å². The van der Waals surface area contributed by atoms with Crippen molar-refractivity contribution in [3.8, 4) is 6.07 Å². The lowest BCUT2D eigenvalue weighted by Gasteiger charge is -1.89. The minimum atomic E-state index is -0.211. The van der Waals surface area contributed by atoms with Gasteiger partial charge in [-0.1, -0.05) is 6.92 Å². The minimum absolute atomic E-state index is 0. The summed E-state index contributed by atoms with van der Waals surface area (Å²) in [5.41, 5.74) is 0. The molecule has 0 rings (SSSR count). The van der Waals surface area contributed by atoms with Gasteiger partial charge in [0.05, 0.1) is 12.7 Å². The Kier molecular flexibility index (Phi) is 48.9. The van der Waals surface area contributed by atoms with E-state index in [0.717, 1.165) is 6.42 Å². The average molecular weight is 207 g/mol. The van der Waals surface area contributed by atoms with Gasteiger partial charge in [0.1, 0.15) is 0 Å². The Balaban J connectivity index is -0.0000000553. The van der Waals surface area contributed by atoms with Crippen LogP contribution in [0.3, 0.4) is 0 Å². The molecular weight excluding hydrogens is 186 g/mol. The Hall–Kier alpha value is -1.12. The molecule has 0 heterocycles. The first kappa shape index (κ1) is 23.1. The molecule has 0 fully saturated rings. The molecule has 0 aliphatic carbocycles. The molecule has 0 aliphatic heterocycles. The van der Waals surface area contributed by atoms with E-state index in [1.165, 1.54) is 13.8 Å². The molecule has 0 aromatic heterocycles. The summed E-state index contributed by atoms with van der Waals surface area (Å²) in [6.07, 6.45) is 0.875. The van der Waals surface area contributed by atoms with Gasteiger partial charge in [-0.3, -0.25) is 4.79 Å². The van der Waals surface area contributed by atoms with Crippen molar-refractivity contribution in [2.24, 2.45) is 0 Å². The SMILES string of the molecule is CC#N.CCCO.CCOC(C)=O.O. The zero-order chi connectivity index (χ0) is 11.1. The molecule has 0 unspecified atom stereocenters. The van der Waals surface area contributed by atoms with Crippen molar-refractivity contribution in [1.29, 1.82) is 5.26 Å². The number of hydrogen-bond donors (Lipinski definition) is 1. The van der Waals surface area contributed by atoms with Gasteiger partial charge in [-0.05, 0) is 13.3 Å². The lowest BCUT2D eigenvalue weighted by atomic mass is 10.5. The van der Waals surface area contributed by atoms with Crippen LogP contribution in [0.5, 0.6) is 0 Å². The molecule has 0 aromatic carbocycles. The van der Waals surface area contributed by atoms with Gasteiger partial charge in [-0.25, -0.2) is 0 Å². The smallest absolute Gasteiger partial charge is 0.302 e. The van der Waals surface area contributed by atoms with Crippen molar-refractivity contribution in [2.75, 3.05) is 13.2 Å². The Bertz CT molecular complexity index is 129. The lowest BCUT2D eigenvalue weighted by molar-refractivity contribution is -0.140. The molecule has 3 N–H and O–H groups in total. The molecule has 86 valence electrons. The highest BCUT2D eigenvalue weighted by atomic mass is 16.5. The van der Waals surface area contributed by atoms with Crippen LogP contribution >= 0.6 is 0 Å². The molecule has 0 saturated heterocycles. The number of hydrogen-bond acceptors (Lipinski definition) is 4. The predicted molar refractivity (Wildman–Crippen MR) is 54.6 cm³/mol. The van der Waals surface area contributed by atoms with Gasteiger partial charge in [0.2, 0.25) is 0 Å². The van der Waals surface area contributed by atoms with Gasteiger partial charge in [0, 0.05) is 20.5 Å². The summed E-state index contributed by atoms with van der Waals surface area (Å²) in [6.45, 7) is 7.33. The van der Waals surface area contributed by atoms with E-state index in [0.29, 0.717) is 13.2 Å². The van der Waals surface area contributed by atoms with Crippen molar-refractivity contribution >= 4 is 5.97 Å². The van der Waals surface area contributed by atoms with E-state index in [9.17, 15) is 4.79 Å². The Morgan fingerprint density at radius 1 is 1.50 bits per heavy atom. The lowest BCUT2D eigenvalue weighted by Crippen LogP contribution is -1.95. The molecule has 0 atom stereocenters. The first-order valence-electron chi connectivity index (χ1n) is 4.15. The van der Waals surface area contributed by atoms with Gasteiger partial charge < -0.3 is 15.3 Å². The van der Waals surface area contributed by atoms with Crippen molar-refractivity contribution < 1.29 is 20.1 Å². The molecule has 5 heteroatoms. The second kappa shape index (κ2) is 29.7. The summed E-state index contributed by atoms with van der Waals surface area (Å²) in [5.74, 6) is -0.211. The Labute approximate surface area is 85.6 Å². The topological polar surface area (TPSA) is 102 Å². The standard InChI is InChI=1S/C4H8O2.C3H8O.C2H3N.H2O/c1-3-6-4(2)5;1-2-3-4;1-2-3;/h3H2,1-2H3;4H,2-3H2,1H3;1H3;1H2. The van der Waals surface area contributed by atoms with Crippen LogP contribution in [0.15, 0.2) is 0 Å². The molecule has 0 radical (unpaired) electrons. The molecule has 14 heavy (non-hydrogen) atoms. The van der Waals surface area contributed by atoms with E-state index in [1.807, 2.05) is 6.92 Å². The molecule has 0 saturated carbocycles. The van der Waals surface area contributed by atoms with Crippen molar-refractivity contribution in [3.05, 3.63) is 0 Å². The van der Waals surface area contributed by atoms with Crippen molar-refractivity contribution in [3.63, 3.8) is 0 Å². The van der Waals surface area contributed by atoms with Gasteiger partial charge in [-0.2, -0.15) is 5.26 Å². The Morgan fingerprint density at radius 3 is 1.79 bits per heavy atom. The quantitative estimate of drug-likeness (QED) is 0.672. The molecule has 0 aliphatic rings. The summed E-state index contributed by atoms with van der Waals surface area (Å²) in [7, 11) is 0. The van der Waals surface area contributed by atoms with E-state index in [-0.39, 0.29) is 11.4 Å². The fraction of sp³-hybridized carbons (Fsp3) is 0.778. The highest BCUT2D eigenvalue weighted by Crippen LogP contribution is 1.69. The molecule has 0 amide bonds. The largest absolute Gasteiger partial charge is 0.466 e. The molecule has 0 aromatic rings. The van der Waals surface area contributed by atoms with Crippen LogP contribution < -0.4 is 0 Å². The number of carbonyl (C=O) groups excluding carboxylic acids is 1. The number of aliphatic hydroxyl groups is 1. The maximum absolute atomic E-state index is 9.82. The zero-order valence-corrected chi connectivity index (χ0v) is 9.33. The first-order valence-corrected chi connectivity index (χ1v) is 4.15. The number of aliphatic hydroxyl groups excluding tert-OH is 1. The summed E-state index contributed by atoms with van der Waals surface area (Å²) >= 11 is 0. The maximum atomic E-state index is 9.82. The van der Waals surface area contributed by atoms with E-state index in [4.69, 9.17) is 10.4 Å². The number of esters is 1. The number of rotatable bonds is 2. The number of nitriles is 1. The fourth-order valence-electron chi connectivity index (χ4n) is 0.203. The fourth-order valence-corrected chi connectivity index (χ4v) is 0.203. The van der Waals surface area contributed by atoms with Crippen LogP contribution in [-0.4, -0.2) is 29.8 Å². The zero-order valence-electron chi connectivity index (χ0n) is 9.33. The van der Waals surface area contributed by atoms with E-state index in [2.05, 4.69) is 4.74 Å². The summed E-state index contributed by atoms with van der Waals surface area (Å²) < 4.78 is 4.40. The first-order chi connectivity index (χ1) is 6.10. The second-order valence-electron chi connectivity index (χ2n) is 1.87. The van der Waals surface area contributed by atoms with Crippen molar-refractivity contribution in [1.82, 2.24) is 0 Å². The highest BCUT2D eigenvalue weighted by molar-refractivity contribution is 5.65. The van der Waals surface area contributed by atoms with E-state index in [1.54, 1.807) is 13.0 Å². The van der Waals surface area contributed by atoms with Gasteiger partial charge in [0.15, 0.2) is 0 Å². The third-order valence-electron chi connectivity index (χ3n) is 0.571. The third kappa shape index (κ3) is 128. The summed E-state index contributed by atoms with van der Waals surface area (Å²) in [5, 5.41) is 15.2. The van der Waals surface area contributed by atoms with Gasteiger partial charge >= 0.3 is 5.97 Å². The number of nitrogens with zero attached hydrogens (tertiary/aromatic N) is 1. The number of carbonyl (C=O) groups is 1. The van der Waals surface area contributed by atoms with Crippen LogP contribution in [0.25, 0.3) is 0 Å². The molecule has 0 spiro atoms. The molecule has 5 nitrogen and oxygen atoms in total. The van der Waals surface area contributed by atoms with Gasteiger partial charge in [0.25, 0.3) is 0 Å². The van der Waals surface area contributed by atoms with Crippen LogP contribution in [0, 0.1) is 11.3 Å². The van der Waals surface area contributed by atoms with Gasteiger partial charge in [-0.15, -0.1) is 0 Å². The number of ether oxygens (including phenoxy) is 1. The van der Waals surface area contributed by atoms with Crippen molar-refractivity contribution in [2.45, 2.75) is 34.1 Å². The van der Waals surface area contributed by atoms with Crippen LogP contribution in [0.1, 0.15) is 34.1 Å². The predicted octanol–water partition coefficient (Wildman–Crippen LogP) is 0.663. The minimum Gasteiger partial charge on any atom is -0.466 e. The molecule has 0 bridgehead atoms. The average Bonchev–Trinajstić information content (AvgIpc) is 2.06.